The number of carboxylic acid groups (broad SMARTS) is 1. The first-order chi connectivity index (χ1) is 8.18. The van der Waals surface area contributed by atoms with E-state index in [-0.39, 0.29) is 5.91 Å². The van der Waals surface area contributed by atoms with Gasteiger partial charge in [-0.2, -0.15) is 0 Å². The summed E-state index contributed by atoms with van der Waals surface area (Å²) in [4.78, 5) is 24.8. The van der Waals surface area contributed by atoms with Crippen LogP contribution in [0.1, 0.15) is 38.5 Å². The number of carbonyl (C=O) groups is 2. The van der Waals surface area contributed by atoms with Gasteiger partial charge in [0.15, 0.2) is 0 Å². The monoisotopic (exact) mass is 237 g/mol. The van der Waals surface area contributed by atoms with Crippen LogP contribution in [0.2, 0.25) is 0 Å². The molecule has 1 aliphatic carbocycles. The van der Waals surface area contributed by atoms with E-state index >= 15 is 0 Å². The maximum absolute atomic E-state index is 12.1. The molecule has 1 aliphatic heterocycles. The van der Waals surface area contributed by atoms with Crippen LogP contribution in [0.4, 0.5) is 0 Å². The van der Waals surface area contributed by atoms with Crippen LogP contribution in [-0.2, 0) is 9.59 Å². The predicted molar refractivity (Wildman–Crippen MR) is 63.5 cm³/mol. The van der Waals surface area contributed by atoms with Crippen LogP contribution in [0.3, 0.4) is 0 Å². The minimum Gasteiger partial charge on any atom is -0.480 e. The van der Waals surface area contributed by atoms with E-state index in [9.17, 15) is 9.59 Å². The van der Waals surface area contributed by atoms with Crippen molar-refractivity contribution in [1.82, 2.24) is 4.90 Å². The van der Waals surface area contributed by atoms with E-state index in [1.807, 2.05) is 0 Å². The molecular formula is C13H19NO3. The lowest BCUT2D eigenvalue weighted by molar-refractivity contribution is -0.152. The van der Waals surface area contributed by atoms with Gasteiger partial charge in [-0.25, -0.2) is 4.79 Å². The zero-order valence-corrected chi connectivity index (χ0v) is 9.97. The van der Waals surface area contributed by atoms with E-state index in [2.05, 4.69) is 12.2 Å². The van der Waals surface area contributed by atoms with Gasteiger partial charge >= 0.3 is 5.97 Å². The number of likely N-dealkylation sites (tertiary alicyclic amines) is 1. The van der Waals surface area contributed by atoms with Crippen molar-refractivity contribution in [2.24, 2.45) is 5.92 Å². The molecule has 94 valence electrons. The molecule has 1 fully saturated rings. The quantitative estimate of drug-likeness (QED) is 0.761. The van der Waals surface area contributed by atoms with E-state index in [1.165, 1.54) is 0 Å². The molecule has 0 radical (unpaired) electrons. The van der Waals surface area contributed by atoms with Gasteiger partial charge in [0.1, 0.15) is 6.04 Å². The molecule has 4 heteroatoms. The Morgan fingerprint density at radius 2 is 2.12 bits per heavy atom. The third-order valence-corrected chi connectivity index (χ3v) is 3.66. The van der Waals surface area contributed by atoms with Crippen LogP contribution >= 0.6 is 0 Å². The Balaban J connectivity index is 1.95. The summed E-state index contributed by atoms with van der Waals surface area (Å²) in [6.07, 6.45) is 9.15. The molecule has 2 rings (SSSR count). The Labute approximate surface area is 101 Å². The smallest absolute Gasteiger partial charge is 0.326 e. The summed E-state index contributed by atoms with van der Waals surface area (Å²) in [5.74, 6) is -0.535. The van der Waals surface area contributed by atoms with Gasteiger partial charge in [0.2, 0.25) is 5.91 Å². The Bertz CT molecular complexity index is 338. The fourth-order valence-electron chi connectivity index (χ4n) is 2.69. The normalized spacial score (nSPS) is 28.4. The van der Waals surface area contributed by atoms with Crippen LogP contribution in [0.25, 0.3) is 0 Å². The number of allylic oxidation sites excluding steroid dienone is 2. The molecule has 2 aliphatic rings. The van der Waals surface area contributed by atoms with Crippen molar-refractivity contribution in [2.45, 2.75) is 44.6 Å². The van der Waals surface area contributed by atoms with Crippen molar-refractivity contribution in [3.63, 3.8) is 0 Å². The summed E-state index contributed by atoms with van der Waals surface area (Å²) in [7, 11) is 0. The molecule has 17 heavy (non-hydrogen) atoms. The minimum absolute atomic E-state index is 0.00801. The summed E-state index contributed by atoms with van der Waals surface area (Å²) in [6, 6.07) is -0.596. The van der Waals surface area contributed by atoms with Crippen LogP contribution < -0.4 is 0 Å². The lowest BCUT2D eigenvalue weighted by atomic mass is 9.99. The van der Waals surface area contributed by atoms with Gasteiger partial charge in [-0.1, -0.05) is 12.2 Å². The first kappa shape index (κ1) is 12.1. The number of nitrogens with zero attached hydrogens (tertiary/aromatic N) is 1. The van der Waals surface area contributed by atoms with E-state index in [0.717, 1.165) is 25.7 Å². The van der Waals surface area contributed by atoms with E-state index in [1.54, 1.807) is 4.90 Å². The van der Waals surface area contributed by atoms with Crippen molar-refractivity contribution >= 4 is 11.9 Å². The molecule has 1 N–H and O–H groups in total. The number of piperidine rings is 1. The van der Waals surface area contributed by atoms with Crippen LogP contribution in [-0.4, -0.2) is 34.5 Å². The van der Waals surface area contributed by atoms with Gasteiger partial charge in [-0.05, 0) is 38.0 Å². The van der Waals surface area contributed by atoms with Crippen LogP contribution in [0, 0.1) is 5.92 Å². The largest absolute Gasteiger partial charge is 0.480 e. The second-order valence-corrected chi connectivity index (χ2v) is 4.91. The van der Waals surface area contributed by atoms with Gasteiger partial charge < -0.3 is 10.0 Å². The Hall–Kier alpha value is -1.32. The van der Waals surface area contributed by atoms with Crippen molar-refractivity contribution in [2.75, 3.05) is 6.54 Å². The average Bonchev–Trinajstić information content (AvgIpc) is 2.81. The maximum atomic E-state index is 12.1. The van der Waals surface area contributed by atoms with Crippen molar-refractivity contribution in [3.05, 3.63) is 12.2 Å². The highest BCUT2D eigenvalue weighted by molar-refractivity contribution is 5.84. The molecule has 0 bridgehead atoms. The zero-order valence-electron chi connectivity index (χ0n) is 9.97. The highest BCUT2D eigenvalue weighted by Crippen LogP contribution is 2.24. The topological polar surface area (TPSA) is 57.6 Å². The molecular weight excluding hydrogens is 218 g/mol. The Kier molecular flexibility index (Phi) is 3.82. The number of rotatable bonds is 3. The number of amides is 1. The summed E-state index contributed by atoms with van der Waals surface area (Å²) in [5.41, 5.74) is 0. The molecule has 1 unspecified atom stereocenters. The average molecular weight is 237 g/mol. The first-order valence-electron chi connectivity index (χ1n) is 6.37. The van der Waals surface area contributed by atoms with E-state index < -0.39 is 12.0 Å². The van der Waals surface area contributed by atoms with Gasteiger partial charge in [0.05, 0.1) is 0 Å². The molecule has 0 aromatic rings. The van der Waals surface area contributed by atoms with Crippen molar-refractivity contribution in [1.29, 1.82) is 0 Å². The molecule has 1 saturated heterocycles. The number of aliphatic carboxylic acids is 1. The zero-order chi connectivity index (χ0) is 12.3. The lowest BCUT2D eigenvalue weighted by Gasteiger charge is -2.33. The standard InChI is InChI=1S/C13H19NO3/c15-12(9-10-5-1-2-6-10)14-8-4-3-7-11(14)13(16)17/h1,5,10-11H,2-4,6-9H2,(H,16,17)/t10?,11-/m0/s1. The summed E-state index contributed by atoms with van der Waals surface area (Å²) in [6.45, 7) is 0.603. The van der Waals surface area contributed by atoms with Crippen LogP contribution in [0.15, 0.2) is 12.2 Å². The van der Waals surface area contributed by atoms with Crippen LogP contribution in [0.5, 0.6) is 0 Å². The fraction of sp³-hybridized carbons (Fsp3) is 0.692. The van der Waals surface area contributed by atoms with Crippen molar-refractivity contribution in [3.8, 4) is 0 Å². The van der Waals surface area contributed by atoms with Crippen molar-refractivity contribution < 1.29 is 14.7 Å². The Morgan fingerprint density at radius 1 is 1.29 bits per heavy atom. The lowest BCUT2D eigenvalue weighted by Crippen LogP contribution is -2.48. The SMILES string of the molecule is O=C(O)[C@@H]1CCCCN1C(=O)CC1C=CCC1. The van der Waals surface area contributed by atoms with E-state index in [4.69, 9.17) is 5.11 Å². The fourth-order valence-corrected chi connectivity index (χ4v) is 2.69. The van der Waals surface area contributed by atoms with Gasteiger partial charge in [-0.15, -0.1) is 0 Å². The number of carbonyl (C=O) groups excluding carboxylic acids is 1. The summed E-state index contributed by atoms with van der Waals surface area (Å²) >= 11 is 0. The molecule has 2 atom stereocenters. The maximum Gasteiger partial charge on any atom is 0.326 e. The molecule has 0 aromatic carbocycles. The molecule has 1 heterocycles. The van der Waals surface area contributed by atoms with Gasteiger partial charge in [-0.3, -0.25) is 4.79 Å². The van der Waals surface area contributed by atoms with Gasteiger partial charge in [0, 0.05) is 13.0 Å². The molecule has 0 aromatic heterocycles. The number of carboxylic acids is 1. The van der Waals surface area contributed by atoms with Gasteiger partial charge in [0.25, 0.3) is 0 Å². The molecule has 4 nitrogen and oxygen atoms in total. The summed E-state index contributed by atoms with van der Waals surface area (Å²) < 4.78 is 0. The number of hydrogen-bond acceptors (Lipinski definition) is 2. The molecule has 0 saturated carbocycles. The van der Waals surface area contributed by atoms with E-state index in [0.29, 0.717) is 25.3 Å². The second-order valence-electron chi connectivity index (χ2n) is 4.91. The third-order valence-electron chi connectivity index (χ3n) is 3.66. The number of hydrogen-bond donors (Lipinski definition) is 1. The Morgan fingerprint density at radius 3 is 2.76 bits per heavy atom. The molecule has 0 spiro atoms. The third kappa shape index (κ3) is 2.87. The first-order valence-corrected chi connectivity index (χ1v) is 6.37. The highest BCUT2D eigenvalue weighted by atomic mass is 16.4. The predicted octanol–water partition coefficient (Wildman–Crippen LogP) is 1.81. The highest BCUT2D eigenvalue weighted by Gasteiger charge is 2.32. The summed E-state index contributed by atoms with van der Waals surface area (Å²) in [5, 5.41) is 9.11. The molecule has 1 amide bonds. The second kappa shape index (κ2) is 5.34. The minimum atomic E-state index is -0.861.